The van der Waals surface area contributed by atoms with Crippen LogP contribution in [0.15, 0.2) is 0 Å². The van der Waals surface area contributed by atoms with E-state index in [4.69, 9.17) is 19.0 Å². The zero-order valence-corrected chi connectivity index (χ0v) is 9.92. The van der Waals surface area contributed by atoms with Crippen LogP contribution in [0.4, 0.5) is 0 Å². The summed E-state index contributed by atoms with van der Waals surface area (Å²) < 4.78 is 15.5. The minimum atomic E-state index is -2.32. The van der Waals surface area contributed by atoms with E-state index in [-0.39, 0.29) is 11.0 Å². The highest BCUT2D eigenvalue weighted by Gasteiger charge is 2.36. The van der Waals surface area contributed by atoms with Gasteiger partial charge in [0.1, 0.15) is 0 Å². The van der Waals surface area contributed by atoms with Gasteiger partial charge in [0.05, 0.1) is 0 Å². The van der Waals surface area contributed by atoms with Gasteiger partial charge in [-0.2, -0.15) is 0 Å². The molecule has 4 radical (unpaired) electrons. The smallest absolute Gasteiger partial charge is 0.377 e. The lowest BCUT2D eigenvalue weighted by Crippen LogP contribution is -2.42. The second-order valence-corrected chi connectivity index (χ2v) is 5.28. The molecule has 0 saturated carbocycles. The largest absolute Gasteiger partial charge is 0.500 e. The van der Waals surface area contributed by atoms with E-state index in [1.807, 2.05) is 0 Å². The Hall–Kier alpha value is 0.274. The molecule has 0 aromatic carbocycles. The van der Waals surface area contributed by atoms with Crippen molar-refractivity contribution >= 4 is 19.8 Å². The predicted octanol–water partition coefficient (Wildman–Crippen LogP) is -0.167. The number of rotatable bonds is 6. The van der Waals surface area contributed by atoms with E-state index >= 15 is 0 Å². The Balaban J connectivity index is 0. The van der Waals surface area contributed by atoms with E-state index in [9.17, 15) is 0 Å². The molecule has 72 valence electrons. The molecule has 0 aliphatic heterocycles. The maximum atomic E-state index is 5.36. The molecule has 0 atom stereocenters. The highest BCUT2D eigenvalue weighted by Crippen LogP contribution is 2.13. The molecule has 6 heteroatoms. The maximum absolute atomic E-state index is 5.36. The Labute approximate surface area is 79.8 Å². The van der Waals surface area contributed by atoms with Gasteiger partial charge >= 0.3 is 8.80 Å². The van der Waals surface area contributed by atoms with E-state index in [1.165, 1.54) is 0 Å². The van der Waals surface area contributed by atoms with Crippen LogP contribution in [-0.4, -0.2) is 47.6 Å². The van der Waals surface area contributed by atoms with Crippen molar-refractivity contribution in [2.75, 3.05) is 27.9 Å². The molecule has 0 heterocycles. The van der Waals surface area contributed by atoms with Gasteiger partial charge in [-0.25, -0.2) is 0 Å². The van der Waals surface area contributed by atoms with E-state index < -0.39 is 8.80 Å². The van der Waals surface area contributed by atoms with Gasteiger partial charge in [-0.3, -0.25) is 0 Å². The van der Waals surface area contributed by atoms with Gasteiger partial charge in [-0.15, -0.1) is 0 Å². The van der Waals surface area contributed by atoms with E-state index in [0.29, 0.717) is 6.54 Å². The third-order valence-corrected chi connectivity index (χ3v) is 4.45. The predicted molar refractivity (Wildman–Crippen MR) is 51.0 cm³/mol. The highest BCUT2D eigenvalue weighted by atomic mass is 28.4. The Morgan fingerprint density at radius 1 is 1.08 bits per heavy atom. The molecule has 0 fully saturated rings. The fourth-order valence-corrected chi connectivity index (χ4v) is 2.62. The van der Waals surface area contributed by atoms with Crippen LogP contribution in [0, 0.1) is 0 Å². The van der Waals surface area contributed by atoms with Crippen molar-refractivity contribution in [1.29, 1.82) is 0 Å². The highest BCUT2D eigenvalue weighted by molar-refractivity contribution is 6.60. The summed E-state index contributed by atoms with van der Waals surface area (Å²) in [4.78, 5) is 0. The molecule has 0 spiro atoms. The standard InChI is InChI=1S/C6H17NO3Si.Si/c1-8-11(9-2,10-3)6-4-5-7;/h4-7H2,1-3H3;. The molecule has 12 heavy (non-hydrogen) atoms. The normalized spacial score (nSPS) is 11.0. The first kappa shape index (κ1) is 14.8. The Bertz CT molecular complexity index is 92.5. The monoisotopic (exact) mass is 207 g/mol. The third-order valence-electron chi connectivity index (χ3n) is 1.62. The SMILES string of the molecule is CO[Si](CCCN)(OC)OC.[Si]. The van der Waals surface area contributed by atoms with Gasteiger partial charge in [-0.05, 0) is 13.0 Å². The molecule has 4 nitrogen and oxygen atoms in total. The summed E-state index contributed by atoms with van der Waals surface area (Å²) >= 11 is 0. The topological polar surface area (TPSA) is 53.7 Å². The first-order valence-corrected chi connectivity index (χ1v) is 5.53. The van der Waals surface area contributed by atoms with Crippen LogP contribution in [0.25, 0.3) is 0 Å². The van der Waals surface area contributed by atoms with Crippen LogP contribution in [0.3, 0.4) is 0 Å². The van der Waals surface area contributed by atoms with Crippen LogP contribution < -0.4 is 5.73 Å². The van der Waals surface area contributed by atoms with Crippen molar-refractivity contribution < 1.29 is 13.3 Å². The second kappa shape index (κ2) is 7.90. The van der Waals surface area contributed by atoms with Crippen molar-refractivity contribution in [2.45, 2.75) is 12.5 Å². The average Bonchev–Trinajstić information content (AvgIpc) is 2.08. The van der Waals surface area contributed by atoms with Gasteiger partial charge in [0.25, 0.3) is 0 Å². The first-order chi connectivity index (χ1) is 5.24. The van der Waals surface area contributed by atoms with Crippen molar-refractivity contribution in [3.8, 4) is 0 Å². The van der Waals surface area contributed by atoms with Gasteiger partial charge < -0.3 is 19.0 Å². The summed E-state index contributed by atoms with van der Waals surface area (Å²) in [6.07, 6.45) is 0.877. The lowest BCUT2D eigenvalue weighted by atomic mass is 10.5. The average molecular weight is 207 g/mol. The van der Waals surface area contributed by atoms with Gasteiger partial charge in [0, 0.05) is 38.3 Å². The molecular formula is C6H17NO3Si2. The summed E-state index contributed by atoms with van der Waals surface area (Å²) in [5, 5.41) is 0. The summed E-state index contributed by atoms with van der Waals surface area (Å²) in [7, 11) is 2.50. The summed E-state index contributed by atoms with van der Waals surface area (Å²) in [5.74, 6) is 0. The van der Waals surface area contributed by atoms with Crippen molar-refractivity contribution in [3.63, 3.8) is 0 Å². The number of hydrogen-bond donors (Lipinski definition) is 1. The lowest BCUT2D eigenvalue weighted by molar-refractivity contribution is 0.123. The quantitative estimate of drug-likeness (QED) is 0.615. The van der Waals surface area contributed by atoms with Crippen molar-refractivity contribution in [2.24, 2.45) is 5.73 Å². The fraction of sp³-hybridized carbons (Fsp3) is 1.00. The van der Waals surface area contributed by atoms with Gasteiger partial charge in [0.15, 0.2) is 0 Å². The fourth-order valence-electron chi connectivity index (χ4n) is 0.875. The molecule has 0 aliphatic carbocycles. The van der Waals surface area contributed by atoms with E-state index in [1.54, 1.807) is 21.3 Å². The molecule has 0 amide bonds. The Morgan fingerprint density at radius 3 is 1.75 bits per heavy atom. The van der Waals surface area contributed by atoms with Crippen molar-refractivity contribution in [1.82, 2.24) is 0 Å². The maximum Gasteiger partial charge on any atom is 0.500 e. The number of nitrogens with two attached hydrogens (primary N) is 1. The molecule has 0 aromatic heterocycles. The molecule has 0 bridgehead atoms. The van der Waals surface area contributed by atoms with Crippen LogP contribution >= 0.6 is 0 Å². The lowest BCUT2D eigenvalue weighted by Gasteiger charge is -2.23. The first-order valence-electron chi connectivity index (χ1n) is 3.60. The Kier molecular flexibility index (Phi) is 9.73. The summed E-state index contributed by atoms with van der Waals surface area (Å²) in [6.45, 7) is 0.644. The zero-order valence-electron chi connectivity index (χ0n) is 7.92. The van der Waals surface area contributed by atoms with Gasteiger partial charge in [0.2, 0.25) is 0 Å². The van der Waals surface area contributed by atoms with Crippen molar-refractivity contribution in [3.05, 3.63) is 0 Å². The minimum absolute atomic E-state index is 0. The molecule has 0 unspecified atom stereocenters. The molecule has 0 aliphatic rings. The Morgan fingerprint density at radius 2 is 1.50 bits per heavy atom. The molecule has 2 N–H and O–H groups in total. The molecular weight excluding hydrogens is 190 g/mol. The molecule has 0 rings (SSSR count). The van der Waals surface area contributed by atoms with E-state index in [2.05, 4.69) is 0 Å². The van der Waals surface area contributed by atoms with Crippen LogP contribution in [0.1, 0.15) is 6.42 Å². The molecule has 0 saturated heterocycles. The zero-order chi connectivity index (χ0) is 8.74. The van der Waals surface area contributed by atoms with Gasteiger partial charge in [-0.1, -0.05) is 0 Å². The minimum Gasteiger partial charge on any atom is -0.377 e. The van der Waals surface area contributed by atoms with Crippen LogP contribution in [0.5, 0.6) is 0 Å². The molecule has 0 aromatic rings. The summed E-state index contributed by atoms with van der Waals surface area (Å²) in [5.41, 5.74) is 5.36. The van der Waals surface area contributed by atoms with Crippen LogP contribution in [-0.2, 0) is 13.3 Å². The van der Waals surface area contributed by atoms with E-state index in [0.717, 1.165) is 12.5 Å². The second-order valence-electron chi connectivity index (χ2n) is 2.19. The third kappa shape index (κ3) is 4.34. The summed E-state index contributed by atoms with van der Waals surface area (Å²) in [6, 6.07) is 0.785. The van der Waals surface area contributed by atoms with Crippen LogP contribution in [0.2, 0.25) is 6.04 Å². The number of hydrogen-bond acceptors (Lipinski definition) is 4.